The number of aromatic nitrogens is 2. The Labute approximate surface area is 110 Å². The molecule has 2 N–H and O–H groups in total. The zero-order chi connectivity index (χ0) is 13.5. The smallest absolute Gasteiger partial charge is 0.399 e. The van der Waals surface area contributed by atoms with Crippen molar-refractivity contribution in [2.45, 2.75) is 13.1 Å². The Bertz CT molecular complexity index is 572. The van der Waals surface area contributed by atoms with Crippen LogP contribution in [-0.4, -0.2) is 9.78 Å². The third-order valence-electron chi connectivity index (χ3n) is 2.45. The minimum absolute atomic E-state index is 0.0492. The highest BCUT2D eigenvalue weighted by Gasteiger charge is 2.38. The number of hydrogen-bond donors (Lipinski definition) is 1. The molecule has 0 atom stereocenters. The molecule has 0 aliphatic rings. The Morgan fingerprint density at radius 2 is 1.78 bits per heavy atom. The van der Waals surface area contributed by atoms with Crippen LogP contribution in [0.3, 0.4) is 0 Å². The van der Waals surface area contributed by atoms with Crippen molar-refractivity contribution in [3.05, 3.63) is 40.1 Å². The lowest BCUT2D eigenvalue weighted by Gasteiger charge is -2.04. The average Bonchev–Trinajstić information content (AvgIpc) is 2.57. The van der Waals surface area contributed by atoms with Crippen LogP contribution >= 0.6 is 15.9 Å². The molecule has 3 nitrogen and oxygen atoms in total. The molecule has 0 saturated heterocycles. The average molecular weight is 320 g/mol. The van der Waals surface area contributed by atoms with E-state index in [0.29, 0.717) is 17.1 Å². The van der Waals surface area contributed by atoms with Gasteiger partial charge < -0.3 is 5.73 Å². The number of hydrogen-bond acceptors (Lipinski definition) is 2. The van der Waals surface area contributed by atoms with Gasteiger partial charge in [-0.05, 0) is 47.1 Å². The molecule has 0 spiro atoms. The monoisotopic (exact) mass is 319 g/mol. The second-order valence-electron chi connectivity index (χ2n) is 3.75. The normalized spacial score (nSPS) is 11.8. The highest BCUT2D eigenvalue weighted by molar-refractivity contribution is 9.10. The maximum Gasteiger partial charge on any atom is 0.436 e. The fourth-order valence-corrected chi connectivity index (χ4v) is 2.00. The van der Waals surface area contributed by atoms with E-state index in [1.54, 1.807) is 31.2 Å². The summed E-state index contributed by atoms with van der Waals surface area (Å²) in [5, 5.41) is 3.58. The summed E-state index contributed by atoms with van der Waals surface area (Å²) in [7, 11) is 0. The summed E-state index contributed by atoms with van der Waals surface area (Å²) in [5.74, 6) is 0. The lowest BCUT2D eigenvalue weighted by Crippen LogP contribution is -2.08. The predicted molar refractivity (Wildman–Crippen MR) is 65.4 cm³/mol. The van der Waals surface area contributed by atoms with E-state index in [0.717, 1.165) is 0 Å². The molecule has 0 bridgehead atoms. The minimum atomic E-state index is -4.48. The quantitative estimate of drug-likeness (QED) is 0.817. The van der Waals surface area contributed by atoms with Crippen LogP contribution in [0.1, 0.15) is 11.4 Å². The highest BCUT2D eigenvalue weighted by Crippen LogP contribution is 2.36. The molecule has 0 aliphatic heterocycles. The first kappa shape index (κ1) is 12.9. The van der Waals surface area contributed by atoms with Gasteiger partial charge in [0.05, 0.1) is 15.9 Å². The molecule has 0 saturated carbocycles. The molecule has 7 heteroatoms. The molecule has 0 fully saturated rings. The molecule has 0 radical (unpaired) electrons. The lowest BCUT2D eigenvalue weighted by atomic mass is 10.3. The van der Waals surface area contributed by atoms with Crippen LogP contribution in [0.25, 0.3) is 5.69 Å². The Morgan fingerprint density at radius 1 is 1.22 bits per heavy atom. The van der Waals surface area contributed by atoms with Gasteiger partial charge in [0.15, 0.2) is 5.69 Å². The second kappa shape index (κ2) is 4.31. The number of nitrogen functional groups attached to an aromatic ring is 1. The molecule has 0 unspecified atom stereocenters. The molecule has 1 aromatic carbocycles. The molecule has 2 aromatic rings. The molecule has 0 aliphatic carbocycles. The third kappa shape index (κ3) is 2.22. The number of nitrogens with two attached hydrogens (primary N) is 1. The summed E-state index contributed by atoms with van der Waals surface area (Å²) in [6, 6.07) is 6.44. The highest BCUT2D eigenvalue weighted by atomic mass is 79.9. The summed E-state index contributed by atoms with van der Waals surface area (Å²) in [6.45, 7) is 1.56. The van der Waals surface area contributed by atoms with E-state index in [2.05, 4.69) is 21.0 Å². The largest absolute Gasteiger partial charge is 0.436 e. The number of alkyl halides is 3. The van der Waals surface area contributed by atoms with E-state index >= 15 is 0 Å². The van der Waals surface area contributed by atoms with Crippen LogP contribution in [0.2, 0.25) is 0 Å². The van der Waals surface area contributed by atoms with E-state index in [4.69, 9.17) is 5.73 Å². The topological polar surface area (TPSA) is 43.8 Å². The van der Waals surface area contributed by atoms with Gasteiger partial charge >= 0.3 is 6.18 Å². The summed E-state index contributed by atoms with van der Waals surface area (Å²) < 4.78 is 39.3. The van der Waals surface area contributed by atoms with Crippen LogP contribution in [-0.2, 0) is 6.18 Å². The van der Waals surface area contributed by atoms with E-state index in [9.17, 15) is 13.2 Å². The lowest BCUT2D eigenvalue weighted by molar-refractivity contribution is -0.141. The van der Waals surface area contributed by atoms with Gasteiger partial charge in [0, 0.05) is 5.69 Å². The van der Waals surface area contributed by atoms with Crippen molar-refractivity contribution in [3.63, 3.8) is 0 Å². The van der Waals surface area contributed by atoms with Crippen LogP contribution in [0.15, 0.2) is 28.7 Å². The molecular formula is C11H9BrF3N3. The van der Waals surface area contributed by atoms with Crippen LogP contribution in [0, 0.1) is 6.92 Å². The number of benzene rings is 1. The molecular weight excluding hydrogens is 311 g/mol. The fourth-order valence-electron chi connectivity index (χ4n) is 1.53. The molecule has 18 heavy (non-hydrogen) atoms. The summed E-state index contributed by atoms with van der Waals surface area (Å²) in [6.07, 6.45) is -4.48. The van der Waals surface area contributed by atoms with Gasteiger partial charge in [-0.2, -0.15) is 18.3 Å². The van der Waals surface area contributed by atoms with Gasteiger partial charge in [0.2, 0.25) is 0 Å². The van der Waals surface area contributed by atoms with Gasteiger partial charge in [-0.25, -0.2) is 4.68 Å². The minimum Gasteiger partial charge on any atom is -0.399 e. The molecule has 96 valence electrons. The van der Waals surface area contributed by atoms with Crippen molar-refractivity contribution in [1.82, 2.24) is 9.78 Å². The fraction of sp³-hybridized carbons (Fsp3) is 0.182. The number of nitrogens with zero attached hydrogens (tertiary/aromatic N) is 2. The van der Waals surface area contributed by atoms with E-state index in [1.807, 2.05) is 0 Å². The SMILES string of the molecule is Cc1c(Br)c(C(F)(F)F)nn1-c1ccc(N)cc1. The standard InChI is InChI=1S/C11H9BrF3N3/c1-6-9(12)10(11(13,14)15)17-18(6)8-4-2-7(16)3-5-8/h2-5H,16H2,1H3. The Hall–Kier alpha value is -1.50. The Morgan fingerprint density at radius 3 is 2.22 bits per heavy atom. The number of anilines is 1. The summed E-state index contributed by atoms with van der Waals surface area (Å²) in [5.41, 5.74) is 6.04. The first-order valence-electron chi connectivity index (χ1n) is 4.99. The van der Waals surface area contributed by atoms with Crippen molar-refractivity contribution in [1.29, 1.82) is 0 Å². The van der Waals surface area contributed by atoms with Gasteiger partial charge in [-0.1, -0.05) is 0 Å². The van der Waals surface area contributed by atoms with Crippen molar-refractivity contribution < 1.29 is 13.2 Å². The third-order valence-corrected chi connectivity index (χ3v) is 3.40. The predicted octanol–water partition coefficient (Wildman–Crippen LogP) is 3.54. The van der Waals surface area contributed by atoms with Gasteiger partial charge in [0.25, 0.3) is 0 Å². The Kier molecular flexibility index (Phi) is 3.10. The van der Waals surface area contributed by atoms with Gasteiger partial charge in [-0.15, -0.1) is 0 Å². The molecule has 0 amide bonds. The van der Waals surface area contributed by atoms with Crippen LogP contribution < -0.4 is 5.73 Å². The Balaban J connectivity index is 2.56. The first-order valence-corrected chi connectivity index (χ1v) is 5.78. The maximum absolute atomic E-state index is 12.7. The zero-order valence-electron chi connectivity index (χ0n) is 9.29. The second-order valence-corrected chi connectivity index (χ2v) is 4.54. The van der Waals surface area contributed by atoms with Crippen molar-refractivity contribution >= 4 is 21.6 Å². The van der Waals surface area contributed by atoms with Crippen molar-refractivity contribution in [3.8, 4) is 5.69 Å². The van der Waals surface area contributed by atoms with E-state index in [-0.39, 0.29) is 4.47 Å². The van der Waals surface area contributed by atoms with Crippen LogP contribution in [0.4, 0.5) is 18.9 Å². The van der Waals surface area contributed by atoms with Crippen molar-refractivity contribution in [2.75, 3.05) is 5.73 Å². The zero-order valence-corrected chi connectivity index (χ0v) is 10.9. The van der Waals surface area contributed by atoms with Crippen molar-refractivity contribution in [2.24, 2.45) is 0 Å². The first-order chi connectivity index (χ1) is 8.30. The van der Waals surface area contributed by atoms with E-state index in [1.165, 1.54) is 4.68 Å². The summed E-state index contributed by atoms with van der Waals surface area (Å²) in [4.78, 5) is 0. The number of rotatable bonds is 1. The molecule has 1 aromatic heterocycles. The molecule has 2 rings (SSSR count). The maximum atomic E-state index is 12.7. The van der Waals surface area contributed by atoms with E-state index < -0.39 is 11.9 Å². The number of halogens is 4. The summed E-state index contributed by atoms with van der Waals surface area (Å²) >= 11 is 2.92. The van der Waals surface area contributed by atoms with Gasteiger partial charge in [0.1, 0.15) is 0 Å². The van der Waals surface area contributed by atoms with Gasteiger partial charge in [-0.3, -0.25) is 0 Å². The van der Waals surface area contributed by atoms with Crippen LogP contribution in [0.5, 0.6) is 0 Å². The molecule has 1 heterocycles.